The van der Waals surface area contributed by atoms with Gasteiger partial charge in [-0.15, -0.1) is 0 Å². The number of halogens is 1. The fourth-order valence-corrected chi connectivity index (χ4v) is 3.70. The molecule has 1 aromatic heterocycles. The quantitative estimate of drug-likeness (QED) is 0.824. The predicted molar refractivity (Wildman–Crippen MR) is 107 cm³/mol. The Bertz CT molecular complexity index is 808. The van der Waals surface area contributed by atoms with Crippen LogP contribution in [0.4, 0.5) is 10.1 Å². The first kappa shape index (κ1) is 20.3. The third-order valence-corrected chi connectivity index (χ3v) is 5.46. The molecule has 1 atom stereocenters. The topological polar surface area (TPSA) is 61.6 Å². The molecule has 28 heavy (non-hydrogen) atoms. The summed E-state index contributed by atoms with van der Waals surface area (Å²) in [6.07, 6.45) is 0.917. The molecule has 0 aliphatic carbocycles. The van der Waals surface area contributed by atoms with E-state index in [1.807, 2.05) is 26.8 Å². The van der Waals surface area contributed by atoms with Crippen molar-refractivity contribution in [1.82, 2.24) is 15.4 Å². The van der Waals surface area contributed by atoms with Gasteiger partial charge in [0.1, 0.15) is 11.6 Å². The number of carbonyl (C=O) groups is 1. The molecular weight excluding hydrogens is 359 g/mol. The molecule has 1 aliphatic rings. The van der Waals surface area contributed by atoms with E-state index in [4.69, 9.17) is 4.52 Å². The molecule has 0 radical (unpaired) electrons. The molecule has 1 fully saturated rings. The van der Waals surface area contributed by atoms with Crippen LogP contribution in [0.2, 0.25) is 0 Å². The van der Waals surface area contributed by atoms with E-state index in [-0.39, 0.29) is 17.8 Å². The Kier molecular flexibility index (Phi) is 6.34. The first-order valence-electron chi connectivity index (χ1n) is 9.79. The van der Waals surface area contributed by atoms with Crippen LogP contribution in [0.3, 0.4) is 0 Å². The summed E-state index contributed by atoms with van der Waals surface area (Å²) in [6.45, 7) is 9.35. The van der Waals surface area contributed by atoms with Gasteiger partial charge in [-0.05, 0) is 52.4 Å². The molecule has 6 nitrogen and oxygen atoms in total. The van der Waals surface area contributed by atoms with Crippen molar-refractivity contribution in [3.63, 3.8) is 0 Å². The number of benzene rings is 1. The minimum absolute atomic E-state index is 0.0684. The molecule has 0 bridgehead atoms. The van der Waals surface area contributed by atoms with E-state index < -0.39 is 0 Å². The van der Waals surface area contributed by atoms with Gasteiger partial charge in [-0.2, -0.15) is 0 Å². The summed E-state index contributed by atoms with van der Waals surface area (Å²) in [4.78, 5) is 17.0. The van der Waals surface area contributed by atoms with Gasteiger partial charge in [0.25, 0.3) is 0 Å². The number of nitrogens with zero attached hydrogens (tertiary/aromatic N) is 3. The highest BCUT2D eigenvalue weighted by Gasteiger charge is 2.21. The zero-order chi connectivity index (χ0) is 20.3. The molecule has 1 unspecified atom stereocenters. The molecule has 1 saturated heterocycles. The van der Waals surface area contributed by atoms with Gasteiger partial charge in [-0.3, -0.25) is 4.79 Å². The van der Waals surface area contributed by atoms with Gasteiger partial charge >= 0.3 is 0 Å². The van der Waals surface area contributed by atoms with Crippen molar-refractivity contribution < 1.29 is 13.7 Å². The van der Waals surface area contributed by atoms with Gasteiger partial charge in [-0.1, -0.05) is 5.16 Å². The number of amides is 1. The zero-order valence-electron chi connectivity index (χ0n) is 17.1. The smallest absolute Gasteiger partial charge is 0.220 e. The Morgan fingerprint density at radius 2 is 2.00 bits per heavy atom. The van der Waals surface area contributed by atoms with Crippen molar-refractivity contribution in [3.05, 3.63) is 46.6 Å². The number of rotatable bonds is 6. The Hall–Kier alpha value is -2.41. The van der Waals surface area contributed by atoms with Gasteiger partial charge in [0.2, 0.25) is 5.91 Å². The van der Waals surface area contributed by atoms with E-state index in [9.17, 15) is 9.18 Å². The molecule has 1 amide bonds. The Morgan fingerprint density at radius 3 is 2.64 bits per heavy atom. The van der Waals surface area contributed by atoms with Crippen molar-refractivity contribution in [1.29, 1.82) is 0 Å². The van der Waals surface area contributed by atoms with Crippen LogP contribution >= 0.6 is 0 Å². The molecule has 1 N–H and O–H groups in total. The summed E-state index contributed by atoms with van der Waals surface area (Å²) in [5, 5.41) is 6.94. The molecular formula is C21H29FN4O2. The van der Waals surface area contributed by atoms with Crippen molar-refractivity contribution in [2.45, 2.75) is 39.7 Å². The average molecular weight is 388 g/mol. The second-order valence-electron chi connectivity index (χ2n) is 7.59. The van der Waals surface area contributed by atoms with Gasteiger partial charge in [-0.25, -0.2) is 4.39 Å². The minimum Gasteiger partial charge on any atom is -0.369 e. The van der Waals surface area contributed by atoms with Crippen LogP contribution in [0.1, 0.15) is 42.0 Å². The highest BCUT2D eigenvalue weighted by atomic mass is 19.1. The van der Waals surface area contributed by atoms with E-state index in [1.54, 1.807) is 0 Å². The number of anilines is 1. The first-order chi connectivity index (χ1) is 13.3. The second-order valence-corrected chi connectivity index (χ2v) is 7.59. The average Bonchev–Trinajstić information content (AvgIpc) is 2.98. The number of aryl methyl sites for hydroxylation is 2. The normalized spacial score (nSPS) is 16.2. The molecule has 7 heteroatoms. The standard InChI is InChI=1S/C21H29FN4O2/c1-14(23-21(27)8-6-18-15(2)24-28-16(18)3)19-13-17(22)5-7-20(19)26-11-9-25(4)10-12-26/h5,7,13-14H,6,8-12H2,1-4H3,(H,23,27). The molecule has 0 spiro atoms. The molecule has 2 aromatic rings. The van der Waals surface area contributed by atoms with Crippen molar-refractivity contribution in [2.75, 3.05) is 38.1 Å². The minimum atomic E-state index is -0.287. The summed E-state index contributed by atoms with van der Waals surface area (Å²) < 4.78 is 19.1. The van der Waals surface area contributed by atoms with E-state index in [0.717, 1.165) is 54.4 Å². The molecule has 1 aromatic carbocycles. The van der Waals surface area contributed by atoms with Crippen LogP contribution in [-0.4, -0.2) is 49.2 Å². The van der Waals surface area contributed by atoms with Gasteiger partial charge in [0.15, 0.2) is 0 Å². The lowest BCUT2D eigenvalue weighted by molar-refractivity contribution is -0.121. The molecule has 3 rings (SSSR count). The summed E-state index contributed by atoms with van der Waals surface area (Å²) in [6, 6.07) is 4.57. The van der Waals surface area contributed by atoms with E-state index >= 15 is 0 Å². The number of aromatic nitrogens is 1. The Balaban J connectivity index is 1.67. The zero-order valence-corrected chi connectivity index (χ0v) is 17.1. The van der Waals surface area contributed by atoms with Crippen LogP contribution in [0.5, 0.6) is 0 Å². The fourth-order valence-electron chi connectivity index (χ4n) is 3.70. The maximum Gasteiger partial charge on any atom is 0.220 e. The second kappa shape index (κ2) is 8.73. The number of likely N-dealkylation sites (N-methyl/N-ethyl adjacent to an activating group) is 1. The maximum atomic E-state index is 13.9. The summed E-state index contributed by atoms with van der Waals surface area (Å²) in [5.74, 6) is 0.395. The SMILES string of the molecule is Cc1noc(C)c1CCC(=O)NC(C)c1cc(F)ccc1N1CCN(C)CC1. The van der Waals surface area contributed by atoms with E-state index in [2.05, 4.69) is 27.3 Å². The van der Waals surface area contributed by atoms with Gasteiger partial charge in [0.05, 0.1) is 11.7 Å². The van der Waals surface area contributed by atoms with Crippen LogP contribution in [0.25, 0.3) is 0 Å². The van der Waals surface area contributed by atoms with Crippen LogP contribution in [0.15, 0.2) is 22.7 Å². The third kappa shape index (κ3) is 4.70. The highest BCUT2D eigenvalue weighted by molar-refractivity contribution is 5.77. The van der Waals surface area contributed by atoms with Crippen molar-refractivity contribution >= 4 is 11.6 Å². The number of hydrogen-bond acceptors (Lipinski definition) is 5. The lowest BCUT2D eigenvalue weighted by Crippen LogP contribution is -2.45. The lowest BCUT2D eigenvalue weighted by Gasteiger charge is -2.36. The van der Waals surface area contributed by atoms with Gasteiger partial charge in [0, 0.05) is 49.4 Å². The summed E-state index contributed by atoms with van der Waals surface area (Å²) >= 11 is 0. The van der Waals surface area contributed by atoms with Crippen LogP contribution < -0.4 is 10.2 Å². The maximum absolute atomic E-state index is 13.9. The summed E-state index contributed by atoms with van der Waals surface area (Å²) in [7, 11) is 2.10. The van der Waals surface area contributed by atoms with Crippen LogP contribution in [-0.2, 0) is 11.2 Å². The number of piperazine rings is 1. The van der Waals surface area contributed by atoms with E-state index in [1.165, 1.54) is 12.1 Å². The lowest BCUT2D eigenvalue weighted by atomic mass is 10.0. The van der Waals surface area contributed by atoms with Crippen LogP contribution in [0, 0.1) is 19.7 Å². The third-order valence-electron chi connectivity index (χ3n) is 5.46. The fraction of sp³-hybridized carbons (Fsp3) is 0.524. The van der Waals surface area contributed by atoms with Gasteiger partial charge < -0.3 is 19.6 Å². The highest BCUT2D eigenvalue weighted by Crippen LogP contribution is 2.28. The molecule has 152 valence electrons. The molecule has 2 heterocycles. The van der Waals surface area contributed by atoms with E-state index in [0.29, 0.717) is 12.8 Å². The Morgan fingerprint density at radius 1 is 1.29 bits per heavy atom. The number of nitrogens with one attached hydrogen (secondary N) is 1. The number of carbonyl (C=O) groups excluding carboxylic acids is 1. The van der Waals surface area contributed by atoms with Crippen molar-refractivity contribution in [3.8, 4) is 0 Å². The summed E-state index contributed by atoms with van der Waals surface area (Å²) in [5.41, 5.74) is 3.61. The predicted octanol–water partition coefficient (Wildman–Crippen LogP) is 2.99. The number of hydrogen-bond donors (Lipinski definition) is 1. The first-order valence-corrected chi connectivity index (χ1v) is 9.79. The Labute approximate surface area is 165 Å². The largest absolute Gasteiger partial charge is 0.369 e. The molecule has 1 aliphatic heterocycles. The molecule has 0 saturated carbocycles. The monoisotopic (exact) mass is 388 g/mol. The van der Waals surface area contributed by atoms with Crippen molar-refractivity contribution in [2.24, 2.45) is 0 Å².